The fraction of sp³-hybridized carbons (Fsp3) is 0.176. The predicted molar refractivity (Wildman–Crippen MR) is 93.6 cm³/mol. The number of carbonyl (C=O) groups excluding carboxylic acids is 2. The molecule has 0 unspecified atom stereocenters. The van der Waals surface area contributed by atoms with Gasteiger partial charge in [-0.1, -0.05) is 0 Å². The molecule has 0 aromatic heterocycles. The van der Waals surface area contributed by atoms with Crippen LogP contribution in [-0.4, -0.2) is 24.4 Å². The van der Waals surface area contributed by atoms with E-state index >= 15 is 0 Å². The third-order valence-electron chi connectivity index (χ3n) is 3.12. The zero-order valence-electron chi connectivity index (χ0n) is 13.8. The second-order valence-corrected chi connectivity index (χ2v) is 6.26. The number of carbonyl (C=O) groups is 2. The van der Waals surface area contributed by atoms with Crippen LogP contribution in [-0.2, 0) is 4.79 Å². The van der Waals surface area contributed by atoms with E-state index in [0.717, 1.165) is 0 Å². The summed E-state index contributed by atoms with van der Waals surface area (Å²) in [5.41, 5.74) is -3.42. The molecule has 0 radical (unpaired) electrons. The van der Waals surface area contributed by atoms with Crippen molar-refractivity contribution in [1.29, 1.82) is 0 Å². The number of halogens is 3. The first-order valence-corrected chi connectivity index (χ1v) is 8.12. The quantitative estimate of drug-likeness (QED) is 0.744. The van der Waals surface area contributed by atoms with Crippen molar-refractivity contribution < 1.29 is 27.5 Å². The highest BCUT2D eigenvalue weighted by Gasteiger charge is 2.29. The number of rotatable bonds is 5. The van der Waals surface area contributed by atoms with Gasteiger partial charge in [0, 0.05) is 23.1 Å². The van der Waals surface area contributed by atoms with Crippen LogP contribution in [0, 0.1) is 0 Å². The largest absolute Gasteiger partial charge is 0.495 e. The van der Waals surface area contributed by atoms with Gasteiger partial charge in [-0.2, -0.15) is 13.2 Å². The highest BCUT2D eigenvalue weighted by Crippen LogP contribution is 2.36. The van der Waals surface area contributed by atoms with Gasteiger partial charge < -0.3 is 15.4 Å². The van der Waals surface area contributed by atoms with E-state index in [-0.39, 0.29) is 28.1 Å². The number of ether oxygens (including phenoxy) is 1. The summed E-state index contributed by atoms with van der Waals surface area (Å²) in [5.74, 6) is -0.422. The number of hydrogen-bond donors (Lipinski definition) is 2. The molecule has 0 heterocycles. The van der Waals surface area contributed by atoms with Crippen LogP contribution in [0.3, 0.4) is 0 Å². The van der Waals surface area contributed by atoms with Crippen molar-refractivity contribution in [1.82, 2.24) is 0 Å². The Kier molecular flexibility index (Phi) is 6.14. The summed E-state index contributed by atoms with van der Waals surface area (Å²) in [7, 11) is 1.42. The maximum absolute atomic E-state index is 12.3. The Hall–Kier alpha value is -2.68. The van der Waals surface area contributed by atoms with Gasteiger partial charge in [0.1, 0.15) is 5.75 Å². The molecule has 0 saturated carbocycles. The molecule has 2 rings (SSSR count). The van der Waals surface area contributed by atoms with Gasteiger partial charge in [-0.05, 0) is 54.2 Å². The zero-order valence-corrected chi connectivity index (χ0v) is 14.6. The van der Waals surface area contributed by atoms with E-state index in [1.54, 1.807) is 12.1 Å². The molecule has 138 valence electrons. The zero-order chi connectivity index (χ0) is 19.3. The van der Waals surface area contributed by atoms with E-state index < -0.39 is 11.4 Å². The lowest BCUT2D eigenvalue weighted by atomic mass is 10.2. The number of alkyl halides is 3. The average molecular weight is 384 g/mol. The first-order chi connectivity index (χ1) is 12.2. The number of hydrogen-bond acceptors (Lipinski definition) is 4. The van der Waals surface area contributed by atoms with Gasteiger partial charge in [0.05, 0.1) is 12.8 Å². The summed E-state index contributed by atoms with van der Waals surface area (Å²) < 4.78 is 42.2. The lowest BCUT2D eigenvalue weighted by Gasteiger charge is -2.13. The van der Waals surface area contributed by atoms with Crippen molar-refractivity contribution in [3.8, 4) is 5.75 Å². The van der Waals surface area contributed by atoms with Crippen LogP contribution in [0.15, 0.2) is 47.4 Å². The molecule has 0 bridgehead atoms. The molecular weight excluding hydrogens is 369 g/mol. The van der Waals surface area contributed by atoms with E-state index in [1.165, 1.54) is 44.4 Å². The Morgan fingerprint density at radius 2 is 1.69 bits per heavy atom. The van der Waals surface area contributed by atoms with Gasteiger partial charge >= 0.3 is 5.51 Å². The molecule has 2 amide bonds. The van der Waals surface area contributed by atoms with Gasteiger partial charge in [0.15, 0.2) is 0 Å². The monoisotopic (exact) mass is 384 g/mol. The lowest BCUT2D eigenvalue weighted by molar-refractivity contribution is -0.114. The molecule has 2 aromatic carbocycles. The van der Waals surface area contributed by atoms with E-state index in [4.69, 9.17) is 4.74 Å². The van der Waals surface area contributed by atoms with Crippen LogP contribution >= 0.6 is 11.8 Å². The van der Waals surface area contributed by atoms with Crippen molar-refractivity contribution in [3.05, 3.63) is 48.0 Å². The molecule has 0 atom stereocenters. The third-order valence-corrected chi connectivity index (χ3v) is 3.86. The minimum absolute atomic E-state index is 0.0145. The highest BCUT2D eigenvalue weighted by atomic mass is 32.2. The number of methoxy groups -OCH3 is 1. The fourth-order valence-corrected chi connectivity index (χ4v) is 2.63. The van der Waals surface area contributed by atoms with Crippen molar-refractivity contribution in [2.75, 3.05) is 17.7 Å². The first-order valence-electron chi connectivity index (χ1n) is 7.31. The van der Waals surface area contributed by atoms with Crippen molar-refractivity contribution in [2.45, 2.75) is 17.3 Å². The Morgan fingerprint density at radius 1 is 1.04 bits per heavy atom. The lowest BCUT2D eigenvalue weighted by Crippen LogP contribution is -2.13. The Balaban J connectivity index is 2.17. The standard InChI is InChI=1S/C17H15F3N2O3S/c1-10(23)21-12-5-8-15(25-2)14(9-12)22-16(24)11-3-6-13(7-4-11)26-17(18,19)20/h3-9H,1-2H3,(H,21,23)(H,22,24). The summed E-state index contributed by atoms with van der Waals surface area (Å²) in [5, 5.41) is 5.20. The summed E-state index contributed by atoms with van der Waals surface area (Å²) in [4.78, 5) is 23.5. The van der Waals surface area contributed by atoms with Gasteiger partial charge in [-0.25, -0.2) is 0 Å². The summed E-state index contributed by atoms with van der Waals surface area (Å²) in [6, 6.07) is 9.74. The van der Waals surface area contributed by atoms with Crippen LogP contribution in [0.4, 0.5) is 24.5 Å². The summed E-state index contributed by atoms with van der Waals surface area (Å²) in [6.07, 6.45) is 0. The number of amides is 2. The second-order valence-electron chi connectivity index (χ2n) is 5.12. The molecular formula is C17H15F3N2O3S. The Bertz CT molecular complexity index is 808. The maximum Gasteiger partial charge on any atom is 0.446 e. The van der Waals surface area contributed by atoms with Crippen molar-refractivity contribution >= 4 is 35.0 Å². The molecule has 26 heavy (non-hydrogen) atoms. The van der Waals surface area contributed by atoms with Crippen LogP contribution in [0.2, 0.25) is 0 Å². The van der Waals surface area contributed by atoms with E-state index in [2.05, 4.69) is 10.6 Å². The van der Waals surface area contributed by atoms with Gasteiger partial charge in [0.25, 0.3) is 5.91 Å². The summed E-state index contributed by atoms with van der Waals surface area (Å²) >= 11 is -0.253. The molecule has 2 aromatic rings. The minimum Gasteiger partial charge on any atom is -0.495 e. The highest BCUT2D eigenvalue weighted by molar-refractivity contribution is 8.00. The molecule has 2 N–H and O–H groups in total. The number of benzene rings is 2. The van der Waals surface area contributed by atoms with Crippen molar-refractivity contribution in [3.63, 3.8) is 0 Å². The molecule has 0 aliphatic carbocycles. The number of nitrogens with one attached hydrogen (secondary N) is 2. The third kappa shape index (κ3) is 5.69. The number of anilines is 2. The molecule has 0 fully saturated rings. The molecule has 9 heteroatoms. The van der Waals surface area contributed by atoms with E-state index in [0.29, 0.717) is 17.1 Å². The maximum atomic E-state index is 12.3. The SMILES string of the molecule is COc1ccc(NC(C)=O)cc1NC(=O)c1ccc(SC(F)(F)F)cc1. The minimum atomic E-state index is -4.39. The Morgan fingerprint density at radius 3 is 2.23 bits per heavy atom. The van der Waals surface area contributed by atoms with Gasteiger partial charge in [-0.15, -0.1) is 0 Å². The molecule has 5 nitrogen and oxygen atoms in total. The van der Waals surface area contributed by atoms with Gasteiger partial charge in [0.2, 0.25) is 5.91 Å². The van der Waals surface area contributed by atoms with Crippen LogP contribution in [0.25, 0.3) is 0 Å². The number of thioether (sulfide) groups is 1. The molecule has 0 aliphatic rings. The average Bonchev–Trinajstić information content (AvgIpc) is 2.53. The topological polar surface area (TPSA) is 67.4 Å². The van der Waals surface area contributed by atoms with E-state index in [9.17, 15) is 22.8 Å². The molecule has 0 spiro atoms. The van der Waals surface area contributed by atoms with Crippen LogP contribution in [0.1, 0.15) is 17.3 Å². The van der Waals surface area contributed by atoms with Crippen LogP contribution in [0.5, 0.6) is 5.75 Å². The molecule has 0 saturated heterocycles. The predicted octanol–water partition coefficient (Wildman–Crippen LogP) is 4.52. The Labute approximate surface area is 151 Å². The second kappa shape index (κ2) is 8.13. The smallest absolute Gasteiger partial charge is 0.446 e. The normalized spacial score (nSPS) is 11.0. The fourth-order valence-electron chi connectivity index (χ4n) is 2.09. The summed E-state index contributed by atoms with van der Waals surface area (Å²) in [6.45, 7) is 1.35. The van der Waals surface area contributed by atoms with Crippen molar-refractivity contribution in [2.24, 2.45) is 0 Å². The van der Waals surface area contributed by atoms with E-state index in [1.807, 2.05) is 0 Å². The molecule has 0 aliphatic heterocycles. The van der Waals surface area contributed by atoms with Crippen LogP contribution < -0.4 is 15.4 Å². The first kappa shape index (κ1) is 19.6. The van der Waals surface area contributed by atoms with Gasteiger partial charge in [-0.3, -0.25) is 9.59 Å².